The van der Waals surface area contributed by atoms with Gasteiger partial charge in [-0.25, -0.2) is 9.98 Å². The van der Waals surface area contributed by atoms with E-state index in [0.717, 1.165) is 64.6 Å². The number of guanidine groups is 2. The van der Waals surface area contributed by atoms with Crippen molar-refractivity contribution in [2.45, 2.75) is 55.8 Å². The van der Waals surface area contributed by atoms with Crippen LogP contribution in [0.5, 0.6) is 0 Å². The molecule has 51 heavy (non-hydrogen) atoms. The maximum Gasteiger partial charge on any atom is 0.266 e. The van der Waals surface area contributed by atoms with Crippen molar-refractivity contribution in [2.24, 2.45) is 21.5 Å². The van der Waals surface area contributed by atoms with E-state index < -0.39 is 11.1 Å². The zero-order valence-electron chi connectivity index (χ0n) is 28.4. The van der Waals surface area contributed by atoms with E-state index in [1.54, 1.807) is 9.80 Å². The van der Waals surface area contributed by atoms with Crippen LogP contribution in [0.3, 0.4) is 0 Å². The van der Waals surface area contributed by atoms with Crippen LogP contribution >= 0.6 is 0 Å². The molecule has 2 aliphatic heterocycles. The van der Waals surface area contributed by atoms with Gasteiger partial charge in [-0.05, 0) is 57.9 Å². The van der Waals surface area contributed by atoms with Crippen LogP contribution in [-0.2, 0) is 27.2 Å². The molecule has 0 aromatic heterocycles. The number of rotatable bonds is 8. The maximum atomic E-state index is 14.7. The number of nitrogens with zero attached hydrogens (tertiary/aromatic N) is 4. The van der Waals surface area contributed by atoms with E-state index in [1.165, 1.54) is 6.42 Å². The second kappa shape index (κ2) is 13.0. The highest BCUT2D eigenvalue weighted by atomic mass is 16.2. The van der Waals surface area contributed by atoms with Crippen molar-refractivity contribution in [3.05, 3.63) is 167 Å². The average Bonchev–Trinajstić information content (AvgIpc) is 3.61. The lowest BCUT2D eigenvalue weighted by Crippen LogP contribution is -2.49. The summed E-state index contributed by atoms with van der Waals surface area (Å²) in [6, 6.07) is 44.8. The number of hydrogen-bond acceptors (Lipinski definition) is 6. The summed E-state index contributed by atoms with van der Waals surface area (Å²) in [4.78, 5) is 42.6. The molecule has 0 radical (unpaired) electrons. The Kier molecular flexibility index (Phi) is 8.22. The standard InChI is InChI=1S/C43H40N6O2/c44-40-46-42(32-18-5-1-6-19-32,33-20-7-2-8-21-33)38(50)48(40)29-31-16-13-14-27-37(31)30-17-15-24-35(28-30)43(34-22-9-3-10-23-34)39(51)49(41(45)47-43)36-25-11-4-12-26-36/h1-3,5-10,13-24,27-28,36H,4,11-12,25-26,29H2,(H2,44,46)(H2,45,47). The van der Waals surface area contributed by atoms with Crippen LogP contribution in [0.1, 0.15) is 59.9 Å². The van der Waals surface area contributed by atoms with E-state index in [9.17, 15) is 9.59 Å². The molecule has 0 bridgehead atoms. The quantitative estimate of drug-likeness (QED) is 0.191. The van der Waals surface area contributed by atoms with Crippen LogP contribution in [0, 0.1) is 0 Å². The fourth-order valence-electron chi connectivity index (χ4n) is 8.12. The van der Waals surface area contributed by atoms with Gasteiger partial charge >= 0.3 is 0 Å². The summed E-state index contributed by atoms with van der Waals surface area (Å²) in [5.41, 5.74) is 16.3. The van der Waals surface area contributed by atoms with Crippen molar-refractivity contribution in [1.82, 2.24) is 9.80 Å². The molecule has 2 heterocycles. The van der Waals surface area contributed by atoms with Crippen LogP contribution in [-0.4, -0.2) is 39.6 Å². The van der Waals surface area contributed by atoms with Gasteiger partial charge in [0.25, 0.3) is 11.8 Å². The molecule has 8 rings (SSSR count). The minimum absolute atomic E-state index is 0.0357. The van der Waals surface area contributed by atoms with Crippen LogP contribution < -0.4 is 11.5 Å². The van der Waals surface area contributed by atoms with E-state index in [0.29, 0.717) is 0 Å². The van der Waals surface area contributed by atoms with Crippen molar-refractivity contribution in [2.75, 3.05) is 0 Å². The third kappa shape index (κ3) is 5.30. The largest absolute Gasteiger partial charge is 0.369 e. The van der Waals surface area contributed by atoms with Crippen LogP contribution in [0.15, 0.2) is 150 Å². The Morgan fingerprint density at radius 2 is 1.08 bits per heavy atom. The summed E-state index contributed by atoms with van der Waals surface area (Å²) in [7, 11) is 0. The van der Waals surface area contributed by atoms with Crippen molar-refractivity contribution in [1.29, 1.82) is 0 Å². The van der Waals surface area contributed by atoms with E-state index in [1.807, 2.05) is 140 Å². The smallest absolute Gasteiger partial charge is 0.266 e. The lowest BCUT2D eigenvalue weighted by atomic mass is 9.81. The van der Waals surface area contributed by atoms with E-state index >= 15 is 0 Å². The average molecular weight is 673 g/mol. The Labute approximate surface area is 298 Å². The molecule has 1 atom stereocenters. The van der Waals surface area contributed by atoms with Crippen LogP contribution in [0.4, 0.5) is 0 Å². The zero-order valence-corrected chi connectivity index (χ0v) is 28.4. The highest BCUT2D eigenvalue weighted by molar-refractivity contribution is 6.10. The molecule has 8 nitrogen and oxygen atoms in total. The molecular weight excluding hydrogens is 633 g/mol. The Balaban J connectivity index is 1.18. The molecule has 1 fully saturated rings. The number of aliphatic imine (C=N–C) groups is 2. The highest BCUT2D eigenvalue weighted by Crippen LogP contribution is 2.44. The van der Waals surface area contributed by atoms with E-state index in [-0.39, 0.29) is 36.3 Å². The van der Waals surface area contributed by atoms with Gasteiger partial charge in [-0.2, -0.15) is 0 Å². The Morgan fingerprint density at radius 1 is 0.569 bits per heavy atom. The summed E-state index contributed by atoms with van der Waals surface area (Å²) < 4.78 is 0. The first-order valence-corrected chi connectivity index (χ1v) is 17.6. The number of carbonyl (C=O) groups excluding carboxylic acids is 2. The maximum absolute atomic E-state index is 14.7. The Hall–Kier alpha value is -6.02. The molecule has 4 N–H and O–H groups in total. The molecule has 1 aliphatic carbocycles. The number of amides is 2. The van der Waals surface area contributed by atoms with Gasteiger partial charge in [-0.3, -0.25) is 19.4 Å². The normalized spacial score (nSPS) is 20.4. The molecule has 1 saturated carbocycles. The molecule has 8 heteroatoms. The number of hydrogen-bond donors (Lipinski definition) is 2. The molecule has 1 unspecified atom stereocenters. The van der Waals surface area contributed by atoms with Gasteiger partial charge in [0.15, 0.2) is 23.0 Å². The Bertz CT molecular complexity index is 2100. The lowest BCUT2D eigenvalue weighted by Gasteiger charge is -2.33. The second-order valence-electron chi connectivity index (χ2n) is 13.6. The second-order valence-corrected chi connectivity index (χ2v) is 13.6. The van der Waals surface area contributed by atoms with Crippen molar-refractivity contribution >= 4 is 23.7 Å². The lowest BCUT2D eigenvalue weighted by molar-refractivity contribution is -0.132. The van der Waals surface area contributed by atoms with E-state index in [4.69, 9.17) is 21.5 Å². The molecule has 0 spiro atoms. The first-order valence-electron chi connectivity index (χ1n) is 17.6. The van der Waals surface area contributed by atoms with E-state index in [2.05, 4.69) is 0 Å². The van der Waals surface area contributed by atoms with Crippen LogP contribution in [0.25, 0.3) is 11.1 Å². The summed E-state index contributed by atoms with van der Waals surface area (Å²) in [6.07, 6.45) is 5.13. The molecule has 254 valence electrons. The summed E-state index contributed by atoms with van der Waals surface area (Å²) in [5, 5.41) is 0. The molecule has 2 amide bonds. The highest BCUT2D eigenvalue weighted by Gasteiger charge is 2.53. The number of benzene rings is 5. The number of carbonyl (C=O) groups is 2. The topological polar surface area (TPSA) is 117 Å². The SMILES string of the molecule is NC1=NC(c2ccccc2)(c2ccccc2)C(=O)N1Cc1ccccc1-c1cccc(C2(c3ccccc3)N=C(N)N(C3CCCCC3)C2=O)c1. The predicted octanol–water partition coefficient (Wildman–Crippen LogP) is 6.69. The monoisotopic (exact) mass is 672 g/mol. The van der Waals surface area contributed by atoms with Crippen molar-refractivity contribution in [3.63, 3.8) is 0 Å². The number of nitrogens with two attached hydrogens (primary N) is 2. The minimum Gasteiger partial charge on any atom is -0.369 e. The molecule has 5 aromatic rings. The first kappa shape index (κ1) is 32.2. The fourth-order valence-corrected chi connectivity index (χ4v) is 8.12. The molecule has 3 aliphatic rings. The first-order chi connectivity index (χ1) is 24.9. The van der Waals surface area contributed by atoms with Gasteiger partial charge in [0.2, 0.25) is 0 Å². The van der Waals surface area contributed by atoms with Gasteiger partial charge in [-0.1, -0.05) is 153 Å². The molecule has 5 aromatic carbocycles. The fraction of sp³-hybridized carbons (Fsp3) is 0.209. The third-order valence-electron chi connectivity index (χ3n) is 10.6. The van der Waals surface area contributed by atoms with Crippen molar-refractivity contribution in [3.8, 4) is 11.1 Å². The van der Waals surface area contributed by atoms with Crippen LogP contribution in [0.2, 0.25) is 0 Å². The summed E-state index contributed by atoms with van der Waals surface area (Å²) >= 11 is 0. The summed E-state index contributed by atoms with van der Waals surface area (Å²) in [6.45, 7) is 0.208. The molecular formula is C43H40N6O2. The summed E-state index contributed by atoms with van der Waals surface area (Å²) in [5.74, 6) is 0.0918. The molecule has 0 saturated heterocycles. The van der Waals surface area contributed by atoms with Gasteiger partial charge in [0.05, 0.1) is 6.54 Å². The van der Waals surface area contributed by atoms with Crippen molar-refractivity contribution < 1.29 is 9.59 Å². The minimum atomic E-state index is -1.32. The van der Waals surface area contributed by atoms with Gasteiger partial charge in [-0.15, -0.1) is 0 Å². The predicted molar refractivity (Wildman–Crippen MR) is 200 cm³/mol. The zero-order chi connectivity index (χ0) is 35.0. The van der Waals surface area contributed by atoms with Gasteiger partial charge < -0.3 is 11.5 Å². The Morgan fingerprint density at radius 3 is 1.69 bits per heavy atom. The van der Waals surface area contributed by atoms with Gasteiger partial charge in [0, 0.05) is 6.04 Å². The third-order valence-corrected chi connectivity index (χ3v) is 10.6. The van der Waals surface area contributed by atoms with Gasteiger partial charge in [0.1, 0.15) is 0 Å².